The molecular weight excluding hydrogens is 356 g/mol. The average Bonchev–Trinajstić information content (AvgIpc) is 3.07. The molecule has 1 heterocycles. The van der Waals surface area contributed by atoms with Gasteiger partial charge in [0.25, 0.3) is 0 Å². The maximum atomic E-state index is 6.12. The van der Waals surface area contributed by atoms with Gasteiger partial charge in [0.2, 0.25) is 0 Å². The molecule has 26 heavy (non-hydrogen) atoms. The van der Waals surface area contributed by atoms with Gasteiger partial charge in [0, 0.05) is 10.6 Å². The van der Waals surface area contributed by atoms with Crippen molar-refractivity contribution >= 4 is 29.5 Å². The van der Waals surface area contributed by atoms with Crippen LogP contribution in [0.25, 0.3) is 0 Å². The van der Waals surface area contributed by atoms with Crippen LogP contribution >= 0.6 is 11.6 Å². The van der Waals surface area contributed by atoms with Gasteiger partial charge in [-0.2, -0.15) is 5.10 Å². The predicted octanol–water partition coefficient (Wildman–Crippen LogP) is 2.62. The van der Waals surface area contributed by atoms with Crippen LogP contribution in [-0.4, -0.2) is 22.4 Å². The number of ether oxygens (including phenoxy) is 1. The van der Waals surface area contributed by atoms with Crippen molar-refractivity contribution in [3.63, 3.8) is 0 Å². The third-order valence-electron chi connectivity index (χ3n) is 3.34. The fourth-order valence-corrected chi connectivity index (χ4v) is 2.23. The first-order valence-corrected chi connectivity index (χ1v) is 7.92. The largest absolute Gasteiger partial charge is 0.489 e. The topological polar surface area (TPSA) is 125 Å². The third-order valence-corrected chi connectivity index (χ3v) is 3.71. The number of amidine groups is 1. The van der Waals surface area contributed by atoms with Crippen molar-refractivity contribution in [2.45, 2.75) is 6.61 Å². The van der Waals surface area contributed by atoms with E-state index in [1.165, 1.54) is 6.21 Å². The van der Waals surface area contributed by atoms with Crippen LogP contribution in [0.15, 0.2) is 63.4 Å². The summed E-state index contributed by atoms with van der Waals surface area (Å²) in [7, 11) is 0. The van der Waals surface area contributed by atoms with Crippen molar-refractivity contribution in [3.8, 4) is 5.75 Å². The quantitative estimate of drug-likeness (QED) is 0.390. The number of hydrogen-bond acceptors (Lipinski definition) is 7. The highest BCUT2D eigenvalue weighted by Crippen LogP contribution is 2.19. The Balaban J connectivity index is 1.65. The fraction of sp³-hybridized carbons (Fsp3) is 0.0588. The predicted molar refractivity (Wildman–Crippen MR) is 99.3 cm³/mol. The summed E-state index contributed by atoms with van der Waals surface area (Å²) in [6, 6.07) is 14.9. The molecule has 0 bridgehead atoms. The number of rotatable bonds is 6. The minimum Gasteiger partial charge on any atom is -0.489 e. The highest BCUT2D eigenvalue weighted by Gasteiger charge is 2.09. The molecule has 0 fully saturated rings. The number of nitrogen functional groups attached to an aromatic ring is 1. The summed E-state index contributed by atoms with van der Waals surface area (Å²) < 4.78 is 10.2. The molecule has 132 valence electrons. The van der Waals surface area contributed by atoms with Gasteiger partial charge in [-0.3, -0.25) is 0 Å². The van der Waals surface area contributed by atoms with Crippen molar-refractivity contribution in [1.82, 2.24) is 10.3 Å². The van der Waals surface area contributed by atoms with Gasteiger partial charge in [-0.05, 0) is 34.1 Å². The lowest BCUT2D eigenvalue weighted by atomic mass is 10.2. The van der Waals surface area contributed by atoms with E-state index in [-0.39, 0.29) is 17.3 Å². The molecular formula is C17H15ClN6O2. The number of halogens is 1. The summed E-state index contributed by atoms with van der Waals surface area (Å²) in [5, 5.41) is 15.4. The molecule has 0 aliphatic heterocycles. The van der Waals surface area contributed by atoms with E-state index in [1.807, 2.05) is 48.5 Å². The number of nitrogens with zero attached hydrogens (tertiary/aromatic N) is 4. The van der Waals surface area contributed by atoms with Crippen LogP contribution in [0.2, 0.25) is 5.02 Å². The Kier molecular flexibility index (Phi) is 5.45. The van der Waals surface area contributed by atoms with E-state index in [0.717, 1.165) is 11.1 Å². The van der Waals surface area contributed by atoms with Crippen LogP contribution in [0.3, 0.4) is 0 Å². The molecule has 4 N–H and O–H groups in total. The summed E-state index contributed by atoms with van der Waals surface area (Å²) in [6.45, 7) is 0.365. The minimum atomic E-state index is 0.00567. The van der Waals surface area contributed by atoms with E-state index in [0.29, 0.717) is 17.4 Å². The molecule has 3 aromatic rings. The normalized spacial score (nSPS) is 11.8. The first-order valence-electron chi connectivity index (χ1n) is 7.54. The van der Waals surface area contributed by atoms with Gasteiger partial charge in [-0.25, -0.2) is 4.63 Å². The van der Waals surface area contributed by atoms with Crippen LogP contribution < -0.4 is 16.2 Å². The second-order valence-corrected chi connectivity index (χ2v) is 5.59. The smallest absolute Gasteiger partial charge is 0.199 e. The first-order chi connectivity index (χ1) is 12.6. The Bertz CT molecular complexity index is 954. The molecule has 0 radical (unpaired) electrons. The highest BCUT2D eigenvalue weighted by molar-refractivity contribution is 6.31. The standard InChI is InChI=1S/C17H15ClN6O2/c18-14-7-2-1-5-12(14)10-25-13-6-3-4-11(8-13)9-21-22-16(19)15-17(20)24-26-23-15/h1-9H,10H2,(H2,19,22)(H2,20,24). The van der Waals surface area contributed by atoms with Crippen molar-refractivity contribution in [1.29, 1.82) is 0 Å². The van der Waals surface area contributed by atoms with E-state index < -0.39 is 0 Å². The Labute approximate surface area is 154 Å². The minimum absolute atomic E-state index is 0.00567. The van der Waals surface area contributed by atoms with Gasteiger partial charge in [-0.15, -0.1) is 5.10 Å². The van der Waals surface area contributed by atoms with Crippen molar-refractivity contribution in [2.75, 3.05) is 5.73 Å². The van der Waals surface area contributed by atoms with Gasteiger partial charge in [-0.1, -0.05) is 41.9 Å². The molecule has 0 saturated heterocycles. The first kappa shape index (κ1) is 17.4. The number of hydrogen-bond donors (Lipinski definition) is 2. The molecule has 1 aromatic heterocycles. The Morgan fingerprint density at radius 1 is 1.19 bits per heavy atom. The lowest BCUT2D eigenvalue weighted by molar-refractivity contribution is 0.306. The second-order valence-electron chi connectivity index (χ2n) is 5.18. The van der Waals surface area contributed by atoms with Crippen LogP contribution in [0.1, 0.15) is 16.8 Å². The Morgan fingerprint density at radius 2 is 2.04 bits per heavy atom. The molecule has 0 unspecified atom stereocenters. The molecule has 0 atom stereocenters. The second kappa shape index (κ2) is 8.13. The molecule has 0 amide bonds. The Hall–Kier alpha value is -3.39. The van der Waals surface area contributed by atoms with E-state index in [9.17, 15) is 0 Å². The van der Waals surface area contributed by atoms with Crippen molar-refractivity contribution in [2.24, 2.45) is 15.9 Å². The van der Waals surface area contributed by atoms with Crippen molar-refractivity contribution < 1.29 is 9.37 Å². The van der Waals surface area contributed by atoms with Crippen molar-refractivity contribution in [3.05, 3.63) is 70.4 Å². The number of nitrogens with two attached hydrogens (primary N) is 2. The van der Waals surface area contributed by atoms with Crippen LogP contribution in [-0.2, 0) is 6.61 Å². The molecule has 8 nitrogen and oxygen atoms in total. The van der Waals surface area contributed by atoms with Gasteiger partial charge in [0.15, 0.2) is 17.3 Å². The van der Waals surface area contributed by atoms with Crippen LogP contribution in [0.5, 0.6) is 5.75 Å². The number of anilines is 1. The zero-order chi connectivity index (χ0) is 18.4. The molecule has 2 aromatic carbocycles. The summed E-state index contributed by atoms with van der Waals surface area (Å²) in [5.41, 5.74) is 13.1. The van der Waals surface area contributed by atoms with E-state index >= 15 is 0 Å². The van der Waals surface area contributed by atoms with E-state index in [4.69, 9.17) is 27.8 Å². The molecule has 0 aliphatic rings. The SMILES string of the molecule is N/C(=N\N=Cc1cccc(OCc2ccccc2Cl)c1)c1nonc1N. The maximum absolute atomic E-state index is 6.12. The van der Waals surface area contributed by atoms with Gasteiger partial charge >= 0.3 is 0 Å². The summed E-state index contributed by atoms with van der Waals surface area (Å²) in [4.78, 5) is 0. The molecule has 3 rings (SSSR count). The van der Waals surface area contributed by atoms with Crippen LogP contribution in [0.4, 0.5) is 5.82 Å². The zero-order valence-electron chi connectivity index (χ0n) is 13.5. The lowest BCUT2D eigenvalue weighted by Crippen LogP contribution is -2.15. The fourth-order valence-electron chi connectivity index (χ4n) is 2.04. The van der Waals surface area contributed by atoms with E-state index in [1.54, 1.807) is 0 Å². The summed E-state index contributed by atoms with van der Waals surface area (Å²) in [6.07, 6.45) is 1.53. The monoisotopic (exact) mass is 370 g/mol. The van der Waals surface area contributed by atoms with Gasteiger partial charge in [0.1, 0.15) is 12.4 Å². The molecule has 9 heteroatoms. The highest BCUT2D eigenvalue weighted by atomic mass is 35.5. The van der Waals surface area contributed by atoms with Gasteiger partial charge < -0.3 is 16.2 Å². The van der Waals surface area contributed by atoms with Crippen LogP contribution in [0, 0.1) is 0 Å². The summed E-state index contributed by atoms with van der Waals surface area (Å²) in [5.74, 6) is 0.735. The maximum Gasteiger partial charge on any atom is 0.199 e. The third kappa shape index (κ3) is 4.37. The molecule has 0 spiro atoms. The lowest BCUT2D eigenvalue weighted by Gasteiger charge is -2.08. The Morgan fingerprint density at radius 3 is 2.81 bits per heavy atom. The number of benzene rings is 2. The van der Waals surface area contributed by atoms with Gasteiger partial charge in [0.05, 0.1) is 6.21 Å². The molecule has 0 saturated carbocycles. The molecule has 0 aliphatic carbocycles. The summed E-state index contributed by atoms with van der Waals surface area (Å²) >= 11 is 6.12. The van der Waals surface area contributed by atoms with E-state index in [2.05, 4.69) is 25.1 Å². The zero-order valence-corrected chi connectivity index (χ0v) is 14.3. The average molecular weight is 371 g/mol. The number of aromatic nitrogens is 2.